The molecule has 2 N–H and O–H groups in total. The number of amides is 2. The summed E-state index contributed by atoms with van der Waals surface area (Å²) in [7, 11) is 1.55. The van der Waals surface area contributed by atoms with Crippen LogP contribution >= 0.6 is 11.6 Å². The van der Waals surface area contributed by atoms with E-state index >= 15 is 0 Å². The van der Waals surface area contributed by atoms with Crippen molar-refractivity contribution in [2.45, 2.75) is 6.42 Å². The lowest BCUT2D eigenvalue weighted by molar-refractivity contribution is -0.115. The first-order valence-corrected chi connectivity index (χ1v) is 10.4. The molecule has 0 spiro atoms. The van der Waals surface area contributed by atoms with Crippen LogP contribution in [0.1, 0.15) is 15.9 Å². The van der Waals surface area contributed by atoms with Crippen molar-refractivity contribution in [2.75, 3.05) is 12.4 Å². The Hall–Kier alpha value is -3.90. The second kappa shape index (κ2) is 9.49. The number of rotatable bonds is 6. The fraction of sp³-hybridized carbons (Fsp3) is 0.0800. The number of carbonyl (C=O) groups is 2. The maximum absolute atomic E-state index is 12.9. The third-order valence-corrected chi connectivity index (χ3v) is 5.20. The fourth-order valence-corrected chi connectivity index (χ4v) is 3.52. The Morgan fingerprint density at radius 1 is 0.938 bits per heavy atom. The van der Waals surface area contributed by atoms with Crippen molar-refractivity contribution in [1.82, 2.24) is 15.1 Å². The van der Waals surface area contributed by atoms with Crippen LogP contribution in [0.2, 0.25) is 5.02 Å². The highest BCUT2D eigenvalue weighted by Crippen LogP contribution is 2.26. The number of hydrogen-bond donors (Lipinski definition) is 2. The highest BCUT2D eigenvalue weighted by Gasteiger charge is 2.17. The summed E-state index contributed by atoms with van der Waals surface area (Å²) in [6, 6.07) is 23.9. The molecule has 3 aromatic carbocycles. The predicted molar refractivity (Wildman–Crippen MR) is 126 cm³/mol. The Labute approximate surface area is 190 Å². The molecule has 32 heavy (non-hydrogen) atoms. The minimum atomic E-state index is -0.264. The molecule has 1 aromatic heterocycles. The second-order valence-corrected chi connectivity index (χ2v) is 7.58. The topological polar surface area (TPSA) is 76.0 Å². The number of hydrogen-bond acceptors (Lipinski definition) is 3. The van der Waals surface area contributed by atoms with Gasteiger partial charge in [-0.15, -0.1) is 0 Å². The molecule has 1 heterocycles. The van der Waals surface area contributed by atoms with Crippen LogP contribution in [0.25, 0.3) is 16.9 Å². The van der Waals surface area contributed by atoms with Gasteiger partial charge in [0.1, 0.15) is 0 Å². The number of nitrogens with zero attached hydrogens (tertiary/aromatic N) is 2. The van der Waals surface area contributed by atoms with E-state index in [0.717, 1.165) is 16.8 Å². The van der Waals surface area contributed by atoms with Crippen molar-refractivity contribution in [1.29, 1.82) is 0 Å². The Kier molecular flexibility index (Phi) is 6.33. The number of nitrogens with one attached hydrogen (secondary N) is 2. The molecule has 160 valence electrons. The Morgan fingerprint density at radius 3 is 2.34 bits per heavy atom. The van der Waals surface area contributed by atoms with Crippen molar-refractivity contribution < 1.29 is 9.59 Å². The standard InChI is InChI=1S/C25H21ClN4O2/c1-27-25(32)21-9-5-6-10-22(21)28-23(31)15-18-16-30(20-7-3-2-4-8-20)29-24(18)17-11-13-19(26)14-12-17/h2-14,16H,15H2,1H3,(H,27,32)(H,28,31). The lowest BCUT2D eigenvalue weighted by Gasteiger charge is -2.10. The minimum Gasteiger partial charge on any atom is -0.355 e. The van der Waals surface area contributed by atoms with Gasteiger partial charge in [-0.1, -0.05) is 54.1 Å². The van der Waals surface area contributed by atoms with Crippen molar-refractivity contribution in [2.24, 2.45) is 0 Å². The zero-order valence-electron chi connectivity index (χ0n) is 17.4. The van der Waals surface area contributed by atoms with Gasteiger partial charge in [-0.05, 0) is 36.4 Å². The van der Waals surface area contributed by atoms with Gasteiger partial charge in [0.15, 0.2) is 0 Å². The highest BCUT2D eigenvalue weighted by molar-refractivity contribution is 6.30. The summed E-state index contributed by atoms with van der Waals surface area (Å²) in [5.74, 6) is -0.510. The highest BCUT2D eigenvalue weighted by atomic mass is 35.5. The molecule has 0 aliphatic heterocycles. The fourth-order valence-electron chi connectivity index (χ4n) is 3.39. The number of carbonyl (C=O) groups excluding carboxylic acids is 2. The van der Waals surface area contributed by atoms with E-state index in [1.54, 1.807) is 48.1 Å². The first kappa shape index (κ1) is 21.3. The van der Waals surface area contributed by atoms with Crippen LogP contribution in [0.5, 0.6) is 0 Å². The lowest BCUT2D eigenvalue weighted by atomic mass is 10.1. The third-order valence-electron chi connectivity index (χ3n) is 4.95. The largest absolute Gasteiger partial charge is 0.355 e. The van der Waals surface area contributed by atoms with Crippen LogP contribution in [0, 0.1) is 0 Å². The summed E-state index contributed by atoms with van der Waals surface area (Å²) in [6.07, 6.45) is 1.94. The molecule has 0 unspecified atom stereocenters. The number of aromatic nitrogens is 2. The van der Waals surface area contributed by atoms with Crippen LogP contribution < -0.4 is 10.6 Å². The summed E-state index contributed by atoms with van der Waals surface area (Å²) in [5.41, 5.74) is 4.06. The molecule has 2 amide bonds. The van der Waals surface area contributed by atoms with Gasteiger partial charge in [0, 0.05) is 29.4 Å². The lowest BCUT2D eigenvalue weighted by Crippen LogP contribution is -2.22. The number of halogens is 1. The maximum Gasteiger partial charge on any atom is 0.253 e. The van der Waals surface area contributed by atoms with E-state index in [1.807, 2.05) is 48.7 Å². The molecule has 0 saturated heterocycles. The summed E-state index contributed by atoms with van der Waals surface area (Å²) in [4.78, 5) is 25.0. The molecule has 0 aliphatic rings. The molecule has 0 aliphatic carbocycles. The van der Waals surface area contributed by atoms with E-state index in [9.17, 15) is 9.59 Å². The SMILES string of the molecule is CNC(=O)c1ccccc1NC(=O)Cc1cn(-c2ccccc2)nc1-c1ccc(Cl)cc1. The molecule has 0 saturated carbocycles. The van der Waals surface area contributed by atoms with E-state index in [1.165, 1.54) is 0 Å². The van der Waals surface area contributed by atoms with Gasteiger partial charge in [0.25, 0.3) is 5.91 Å². The quantitative estimate of drug-likeness (QED) is 0.451. The van der Waals surface area contributed by atoms with E-state index in [0.29, 0.717) is 22.0 Å². The first-order chi connectivity index (χ1) is 15.5. The van der Waals surface area contributed by atoms with Crippen LogP contribution in [-0.2, 0) is 11.2 Å². The van der Waals surface area contributed by atoms with Gasteiger partial charge in [-0.2, -0.15) is 5.10 Å². The number of benzene rings is 3. The van der Waals surface area contributed by atoms with Gasteiger partial charge < -0.3 is 10.6 Å². The molecular weight excluding hydrogens is 424 g/mol. The molecule has 0 fully saturated rings. The first-order valence-electron chi connectivity index (χ1n) is 10.1. The average molecular weight is 445 g/mol. The van der Waals surface area contributed by atoms with Crippen LogP contribution in [0.3, 0.4) is 0 Å². The Bertz CT molecular complexity index is 1250. The van der Waals surface area contributed by atoms with E-state index in [-0.39, 0.29) is 18.2 Å². The van der Waals surface area contributed by atoms with Gasteiger partial charge in [-0.25, -0.2) is 4.68 Å². The van der Waals surface area contributed by atoms with Gasteiger partial charge >= 0.3 is 0 Å². The predicted octanol–water partition coefficient (Wildman–Crippen LogP) is 4.73. The van der Waals surface area contributed by atoms with Gasteiger partial charge in [0.05, 0.1) is 29.1 Å². The number of anilines is 1. The third kappa shape index (κ3) is 4.71. The summed E-state index contributed by atoms with van der Waals surface area (Å²) in [6.45, 7) is 0. The second-order valence-electron chi connectivity index (χ2n) is 7.14. The number of para-hydroxylation sites is 2. The van der Waals surface area contributed by atoms with E-state index in [2.05, 4.69) is 10.6 Å². The van der Waals surface area contributed by atoms with Crippen LogP contribution in [0.4, 0.5) is 5.69 Å². The summed E-state index contributed by atoms with van der Waals surface area (Å²) in [5, 5.41) is 10.8. The summed E-state index contributed by atoms with van der Waals surface area (Å²) < 4.78 is 1.75. The molecule has 0 radical (unpaired) electrons. The molecular formula is C25H21ClN4O2. The van der Waals surface area contributed by atoms with Gasteiger partial charge in [-0.3, -0.25) is 9.59 Å². The zero-order chi connectivity index (χ0) is 22.5. The van der Waals surface area contributed by atoms with Crippen molar-refractivity contribution in [3.8, 4) is 16.9 Å². The smallest absolute Gasteiger partial charge is 0.253 e. The normalized spacial score (nSPS) is 10.6. The monoisotopic (exact) mass is 444 g/mol. The van der Waals surface area contributed by atoms with Crippen molar-refractivity contribution >= 4 is 29.1 Å². The van der Waals surface area contributed by atoms with E-state index < -0.39 is 0 Å². The van der Waals surface area contributed by atoms with Crippen molar-refractivity contribution in [3.05, 3.63) is 101 Å². The molecule has 4 aromatic rings. The van der Waals surface area contributed by atoms with E-state index in [4.69, 9.17) is 16.7 Å². The Morgan fingerprint density at radius 2 is 1.62 bits per heavy atom. The Balaban J connectivity index is 1.65. The molecule has 0 bridgehead atoms. The maximum atomic E-state index is 12.9. The minimum absolute atomic E-state index is 0.0902. The molecule has 4 rings (SSSR count). The zero-order valence-corrected chi connectivity index (χ0v) is 18.1. The summed E-state index contributed by atoms with van der Waals surface area (Å²) >= 11 is 6.04. The van der Waals surface area contributed by atoms with Crippen molar-refractivity contribution in [3.63, 3.8) is 0 Å². The van der Waals surface area contributed by atoms with Gasteiger partial charge in [0.2, 0.25) is 5.91 Å². The molecule has 7 heteroatoms. The average Bonchev–Trinajstić information content (AvgIpc) is 3.23. The van der Waals surface area contributed by atoms with Crippen LogP contribution in [-0.4, -0.2) is 28.6 Å². The molecule has 6 nitrogen and oxygen atoms in total. The van der Waals surface area contributed by atoms with Crippen LogP contribution in [0.15, 0.2) is 85.1 Å². The molecule has 0 atom stereocenters.